The summed E-state index contributed by atoms with van der Waals surface area (Å²) in [5, 5.41) is 29.1. The van der Waals surface area contributed by atoms with Crippen LogP contribution in [0.5, 0.6) is 5.75 Å². The first-order chi connectivity index (χ1) is 19.6. The fourth-order valence-corrected chi connectivity index (χ4v) is 5.50. The molecule has 4 heterocycles. The largest absolute Gasteiger partial charge is 0.491 e. The summed E-state index contributed by atoms with van der Waals surface area (Å²) in [4.78, 5) is 17.3. The fraction of sp³-hybridized carbons (Fsp3) is 0.310. The molecule has 0 spiro atoms. The van der Waals surface area contributed by atoms with Crippen LogP contribution in [-0.2, 0) is 12.1 Å². The molecule has 0 unspecified atom stereocenters. The van der Waals surface area contributed by atoms with Crippen molar-refractivity contribution in [2.45, 2.75) is 31.0 Å². The highest BCUT2D eigenvalue weighted by Crippen LogP contribution is 2.36. The Labute approximate surface area is 230 Å². The van der Waals surface area contributed by atoms with Crippen LogP contribution in [-0.4, -0.2) is 57.1 Å². The maximum Gasteiger partial charge on any atom is 0.251 e. The van der Waals surface area contributed by atoms with Gasteiger partial charge in [0.2, 0.25) is 0 Å². The highest BCUT2D eigenvalue weighted by Gasteiger charge is 2.39. The van der Waals surface area contributed by atoms with Crippen LogP contribution in [0.15, 0.2) is 67.0 Å². The van der Waals surface area contributed by atoms with Gasteiger partial charge >= 0.3 is 0 Å². The standard InChI is InChI=1S/C29H30FN7O3/c30-21-4-5-23-24(18-40-25(23)17-21)33-27(39)20-2-1-3-22(16-20)34-29(8-12-32-13-9-29)28-36-35-26(37(28)14-15-38)19-6-10-31-11-7-19/h1-7,10-11,16-17,24,32,34,38H,8-9,12-15,18H2,(H,33,39)/t24-/m0/s1. The first-order valence-corrected chi connectivity index (χ1v) is 13.3. The van der Waals surface area contributed by atoms with Gasteiger partial charge in [-0.2, -0.15) is 0 Å². The second kappa shape index (κ2) is 11.0. The zero-order valence-corrected chi connectivity index (χ0v) is 21.8. The minimum atomic E-state index is -0.573. The number of amides is 1. The second-order valence-corrected chi connectivity index (χ2v) is 10.0. The number of carbonyl (C=O) groups excluding carboxylic acids is 1. The average Bonchev–Trinajstić information content (AvgIpc) is 3.58. The lowest BCUT2D eigenvalue weighted by Crippen LogP contribution is -2.47. The van der Waals surface area contributed by atoms with Gasteiger partial charge < -0.3 is 30.4 Å². The Hall–Kier alpha value is -4.35. The van der Waals surface area contributed by atoms with Gasteiger partial charge in [-0.05, 0) is 62.3 Å². The van der Waals surface area contributed by atoms with Crippen molar-refractivity contribution in [1.29, 1.82) is 0 Å². The lowest BCUT2D eigenvalue weighted by atomic mass is 9.86. The molecule has 2 aliphatic heterocycles. The molecule has 2 aromatic heterocycles. The smallest absolute Gasteiger partial charge is 0.251 e. The van der Waals surface area contributed by atoms with Gasteiger partial charge in [-0.25, -0.2) is 4.39 Å². The monoisotopic (exact) mass is 543 g/mol. The number of hydrogen-bond acceptors (Lipinski definition) is 8. The summed E-state index contributed by atoms with van der Waals surface area (Å²) >= 11 is 0. The normalized spacial score (nSPS) is 17.6. The number of ether oxygens (including phenoxy) is 1. The van der Waals surface area contributed by atoms with E-state index in [9.17, 15) is 14.3 Å². The molecule has 0 radical (unpaired) electrons. The zero-order valence-electron chi connectivity index (χ0n) is 21.8. The van der Waals surface area contributed by atoms with Crippen LogP contribution in [0.1, 0.15) is 40.6 Å². The third kappa shape index (κ3) is 5.01. The van der Waals surface area contributed by atoms with Crippen LogP contribution in [0.4, 0.5) is 10.1 Å². The Balaban J connectivity index is 1.28. The van der Waals surface area contributed by atoms with Crippen LogP contribution in [0, 0.1) is 5.82 Å². The van der Waals surface area contributed by atoms with Crippen LogP contribution in [0.25, 0.3) is 11.4 Å². The first kappa shape index (κ1) is 25.9. The highest BCUT2D eigenvalue weighted by molar-refractivity contribution is 5.95. The van der Waals surface area contributed by atoms with Crippen LogP contribution in [0.3, 0.4) is 0 Å². The Morgan fingerprint density at radius 2 is 1.95 bits per heavy atom. The summed E-state index contributed by atoms with van der Waals surface area (Å²) in [5.74, 6) is 1.22. The number of rotatable bonds is 8. The molecule has 2 aromatic carbocycles. The van der Waals surface area contributed by atoms with Crippen molar-refractivity contribution >= 4 is 11.6 Å². The van der Waals surface area contributed by atoms with E-state index in [1.54, 1.807) is 24.5 Å². The number of hydrogen-bond donors (Lipinski definition) is 4. The Morgan fingerprint density at radius 3 is 2.75 bits per heavy atom. The Morgan fingerprint density at radius 1 is 1.12 bits per heavy atom. The number of fused-ring (bicyclic) bond motifs is 1. The Bertz CT molecular complexity index is 1500. The molecule has 0 bridgehead atoms. The van der Waals surface area contributed by atoms with E-state index in [1.807, 2.05) is 34.9 Å². The van der Waals surface area contributed by atoms with E-state index < -0.39 is 5.54 Å². The highest BCUT2D eigenvalue weighted by atomic mass is 19.1. The number of aliphatic hydroxyl groups is 1. The van der Waals surface area contributed by atoms with Gasteiger partial charge in [-0.15, -0.1) is 10.2 Å². The molecule has 40 heavy (non-hydrogen) atoms. The number of halogens is 1. The van der Waals surface area contributed by atoms with Crippen molar-refractivity contribution in [3.8, 4) is 17.1 Å². The van der Waals surface area contributed by atoms with Crippen LogP contribution < -0.4 is 20.7 Å². The number of aliphatic hydroxyl groups excluding tert-OH is 1. The summed E-state index contributed by atoms with van der Waals surface area (Å²) < 4.78 is 21.1. The third-order valence-electron chi connectivity index (χ3n) is 7.47. The molecular formula is C29H30FN7O3. The van der Waals surface area contributed by atoms with Gasteiger partial charge in [0.1, 0.15) is 23.7 Å². The maximum atomic E-state index is 13.6. The predicted molar refractivity (Wildman–Crippen MR) is 146 cm³/mol. The lowest BCUT2D eigenvalue weighted by molar-refractivity contribution is 0.0930. The van der Waals surface area contributed by atoms with Crippen LogP contribution in [0.2, 0.25) is 0 Å². The lowest BCUT2D eigenvalue weighted by Gasteiger charge is -2.38. The van der Waals surface area contributed by atoms with Crippen molar-refractivity contribution in [1.82, 2.24) is 30.4 Å². The minimum Gasteiger partial charge on any atom is -0.491 e. The second-order valence-electron chi connectivity index (χ2n) is 10.0. The summed E-state index contributed by atoms with van der Waals surface area (Å²) in [7, 11) is 0. The molecule has 1 fully saturated rings. The minimum absolute atomic E-state index is 0.0617. The predicted octanol–water partition coefficient (Wildman–Crippen LogP) is 3.03. The van der Waals surface area contributed by atoms with Crippen molar-refractivity contribution in [2.24, 2.45) is 0 Å². The van der Waals surface area contributed by atoms with E-state index in [0.29, 0.717) is 23.7 Å². The molecule has 1 amide bonds. The fourth-order valence-electron chi connectivity index (χ4n) is 5.50. The SMILES string of the molecule is O=C(N[C@H]1COc2cc(F)ccc21)c1cccc(NC2(c3nnc(-c4ccncc4)n3CCO)CCNCC2)c1. The summed E-state index contributed by atoms with van der Waals surface area (Å²) in [5.41, 5.74) is 2.30. The molecule has 2 aliphatic rings. The molecule has 4 aromatic rings. The Kier molecular flexibility index (Phi) is 7.14. The summed E-state index contributed by atoms with van der Waals surface area (Å²) in [6, 6.07) is 15.1. The number of aromatic nitrogens is 4. The van der Waals surface area contributed by atoms with Gasteiger partial charge in [0.05, 0.1) is 12.6 Å². The van der Waals surface area contributed by atoms with E-state index in [-0.39, 0.29) is 31.0 Å². The molecule has 1 atom stereocenters. The molecule has 0 saturated carbocycles. The number of benzene rings is 2. The summed E-state index contributed by atoms with van der Waals surface area (Å²) in [6.45, 7) is 2.07. The number of anilines is 1. The number of nitrogens with zero attached hydrogens (tertiary/aromatic N) is 4. The number of carbonyl (C=O) groups is 1. The maximum absolute atomic E-state index is 13.6. The first-order valence-electron chi connectivity index (χ1n) is 13.3. The van der Waals surface area contributed by atoms with Gasteiger partial charge in [0.25, 0.3) is 5.91 Å². The molecule has 1 saturated heterocycles. The molecule has 11 heteroatoms. The molecule has 10 nitrogen and oxygen atoms in total. The number of pyridine rings is 1. The van der Waals surface area contributed by atoms with E-state index in [2.05, 4.69) is 31.1 Å². The molecule has 6 rings (SSSR count). The van der Waals surface area contributed by atoms with E-state index >= 15 is 0 Å². The molecule has 0 aliphatic carbocycles. The third-order valence-corrected chi connectivity index (χ3v) is 7.47. The van der Waals surface area contributed by atoms with Gasteiger partial charge in [-0.1, -0.05) is 12.1 Å². The zero-order chi connectivity index (χ0) is 27.5. The van der Waals surface area contributed by atoms with Crippen molar-refractivity contribution < 1.29 is 19.0 Å². The van der Waals surface area contributed by atoms with Crippen molar-refractivity contribution in [2.75, 3.05) is 31.6 Å². The van der Waals surface area contributed by atoms with E-state index in [4.69, 9.17) is 4.74 Å². The van der Waals surface area contributed by atoms with E-state index in [0.717, 1.165) is 48.6 Å². The number of piperidine rings is 1. The molecule has 206 valence electrons. The van der Waals surface area contributed by atoms with E-state index in [1.165, 1.54) is 12.1 Å². The van der Waals surface area contributed by atoms with Gasteiger partial charge in [0, 0.05) is 47.4 Å². The number of nitrogens with one attached hydrogen (secondary N) is 3. The molecule has 4 N–H and O–H groups in total. The average molecular weight is 544 g/mol. The van der Waals surface area contributed by atoms with Crippen LogP contribution >= 0.6 is 0 Å². The van der Waals surface area contributed by atoms with Crippen molar-refractivity contribution in [3.05, 3.63) is 89.8 Å². The summed E-state index contributed by atoms with van der Waals surface area (Å²) in [6.07, 6.45) is 4.87. The van der Waals surface area contributed by atoms with Gasteiger partial charge in [-0.3, -0.25) is 9.78 Å². The van der Waals surface area contributed by atoms with Gasteiger partial charge in [0.15, 0.2) is 11.6 Å². The van der Waals surface area contributed by atoms with Crippen molar-refractivity contribution in [3.63, 3.8) is 0 Å². The quantitative estimate of drug-likeness (QED) is 0.267. The topological polar surface area (TPSA) is 126 Å². The molecular weight excluding hydrogens is 513 g/mol.